The summed E-state index contributed by atoms with van der Waals surface area (Å²) in [5.41, 5.74) is 4.22. The van der Waals surface area contributed by atoms with E-state index in [0.717, 1.165) is 53.4 Å². The number of pyridine rings is 1. The van der Waals surface area contributed by atoms with Crippen LogP contribution in [-0.2, 0) is 9.59 Å². The van der Waals surface area contributed by atoms with Gasteiger partial charge in [0.05, 0.1) is 30.1 Å². The van der Waals surface area contributed by atoms with Gasteiger partial charge < -0.3 is 19.3 Å². The highest BCUT2D eigenvalue weighted by molar-refractivity contribution is 5.90. The van der Waals surface area contributed by atoms with Gasteiger partial charge >= 0.3 is 5.97 Å². The molecule has 2 N–H and O–H groups in total. The molecule has 44 heavy (non-hydrogen) atoms. The summed E-state index contributed by atoms with van der Waals surface area (Å²) < 4.78 is 7.92. The number of hydrogen-bond acceptors (Lipinski definition) is 8. The molecule has 1 fully saturated rings. The maximum atomic E-state index is 14.3. The second-order valence-corrected chi connectivity index (χ2v) is 11.0. The van der Waals surface area contributed by atoms with Crippen LogP contribution in [0.4, 0.5) is 0 Å². The number of H-pyrrole nitrogens is 1. The van der Waals surface area contributed by atoms with Crippen LogP contribution in [0.25, 0.3) is 33.5 Å². The van der Waals surface area contributed by atoms with Gasteiger partial charge in [-0.25, -0.2) is 9.78 Å². The van der Waals surface area contributed by atoms with Crippen LogP contribution >= 0.6 is 0 Å². The topological polar surface area (TPSA) is 152 Å². The minimum atomic E-state index is -1.04. The highest BCUT2D eigenvalue weighted by Crippen LogP contribution is 2.34. The van der Waals surface area contributed by atoms with E-state index in [-0.39, 0.29) is 18.9 Å². The maximum Gasteiger partial charge on any atom is 0.326 e. The number of imidazole rings is 1. The number of likely N-dealkylation sites (tertiary alicyclic amines) is 1. The first-order valence-electron chi connectivity index (χ1n) is 14.9. The molecule has 1 saturated heterocycles. The number of carbonyl (C=O) groups excluding carboxylic acids is 1. The number of aromatic nitrogens is 7. The van der Waals surface area contributed by atoms with Crippen LogP contribution in [0.3, 0.4) is 0 Å². The van der Waals surface area contributed by atoms with E-state index >= 15 is 0 Å². The fraction of sp³-hybridized carbons (Fsp3) is 0.344. The van der Waals surface area contributed by atoms with Gasteiger partial charge in [-0.2, -0.15) is 5.21 Å². The summed E-state index contributed by atoms with van der Waals surface area (Å²) >= 11 is 0. The molecule has 1 aliphatic heterocycles. The molecule has 0 radical (unpaired) electrons. The van der Waals surface area contributed by atoms with Gasteiger partial charge in [0.2, 0.25) is 11.7 Å². The highest BCUT2D eigenvalue weighted by atomic mass is 16.5. The number of carboxylic acids is 1. The van der Waals surface area contributed by atoms with Gasteiger partial charge in [-0.15, -0.1) is 10.2 Å². The molecule has 226 valence electrons. The SMILES string of the molecule is CCCCCCC(C(=O)N1CC(Oc2cccnc2)C[C@H]1C(=O)O)n1cnc2cc(-c3ccccc3-c3nn[nH]n3)ccc21. The number of carboxylic acid groups (broad SMARTS) is 1. The van der Waals surface area contributed by atoms with Gasteiger partial charge in [0.25, 0.3) is 0 Å². The number of amides is 1. The smallest absolute Gasteiger partial charge is 0.326 e. The molecule has 6 rings (SSSR count). The van der Waals surface area contributed by atoms with Crippen LogP contribution in [0.2, 0.25) is 0 Å². The molecule has 0 spiro atoms. The first-order chi connectivity index (χ1) is 21.5. The molecule has 12 heteroatoms. The lowest BCUT2D eigenvalue weighted by atomic mass is 9.98. The number of nitrogens with one attached hydrogen (secondary N) is 1. The number of benzene rings is 2. The number of ether oxygens (including phenoxy) is 1. The molecule has 1 amide bonds. The van der Waals surface area contributed by atoms with Crippen LogP contribution in [0.5, 0.6) is 5.75 Å². The van der Waals surface area contributed by atoms with Crippen molar-refractivity contribution in [1.29, 1.82) is 0 Å². The van der Waals surface area contributed by atoms with Crippen LogP contribution in [0.1, 0.15) is 51.5 Å². The Morgan fingerprint density at radius 3 is 2.70 bits per heavy atom. The van der Waals surface area contributed by atoms with Gasteiger partial charge in [0, 0.05) is 18.2 Å². The van der Waals surface area contributed by atoms with Crippen LogP contribution in [0.15, 0.2) is 73.3 Å². The first kappa shape index (κ1) is 29.0. The van der Waals surface area contributed by atoms with E-state index in [4.69, 9.17) is 9.72 Å². The fourth-order valence-electron chi connectivity index (χ4n) is 5.96. The van der Waals surface area contributed by atoms with E-state index in [9.17, 15) is 14.7 Å². The van der Waals surface area contributed by atoms with Crippen molar-refractivity contribution in [3.05, 3.63) is 73.3 Å². The number of aromatic amines is 1. The average Bonchev–Trinajstić information content (AvgIpc) is 3.82. The number of rotatable bonds is 12. The second kappa shape index (κ2) is 13.0. The molecule has 12 nitrogen and oxygen atoms in total. The van der Waals surface area contributed by atoms with Crippen molar-refractivity contribution in [2.75, 3.05) is 6.54 Å². The molecule has 3 aromatic heterocycles. The molecular formula is C32H34N8O4. The van der Waals surface area contributed by atoms with Crippen molar-refractivity contribution < 1.29 is 19.4 Å². The van der Waals surface area contributed by atoms with Gasteiger partial charge in [0.1, 0.15) is 23.9 Å². The first-order valence-corrected chi connectivity index (χ1v) is 14.9. The van der Waals surface area contributed by atoms with Crippen LogP contribution in [0, 0.1) is 0 Å². The van der Waals surface area contributed by atoms with E-state index in [0.29, 0.717) is 18.0 Å². The van der Waals surface area contributed by atoms with Gasteiger partial charge in [0.15, 0.2) is 0 Å². The largest absolute Gasteiger partial charge is 0.487 e. The number of hydrogen-bond donors (Lipinski definition) is 2. The summed E-state index contributed by atoms with van der Waals surface area (Å²) in [5.74, 6) is -0.240. The third-order valence-corrected chi connectivity index (χ3v) is 8.12. The quantitative estimate of drug-likeness (QED) is 0.192. The van der Waals surface area contributed by atoms with Crippen LogP contribution in [-0.4, -0.2) is 75.7 Å². The Bertz CT molecular complexity index is 1720. The number of nitrogens with zero attached hydrogens (tertiary/aromatic N) is 7. The standard InChI is InChI=1S/C32H34N8O4/c1-2-3-4-5-12-28(31(41)39-19-23(17-29(39)32(42)43)44-22-9-8-15-33-18-22)40-20-34-26-16-21(13-14-27(26)40)24-10-6-7-11-25(24)30-35-37-38-36-30/h6-11,13-16,18,20,23,28-29H,2-5,12,17,19H2,1H3,(H,42,43)(H,35,36,37,38)/t23?,28?,29-/m0/s1. The fourth-order valence-corrected chi connectivity index (χ4v) is 5.96. The van der Waals surface area contributed by atoms with E-state index in [1.54, 1.807) is 30.9 Å². The number of carbonyl (C=O) groups is 2. The van der Waals surface area contributed by atoms with Crippen molar-refractivity contribution in [1.82, 2.24) is 40.1 Å². The van der Waals surface area contributed by atoms with Crippen molar-refractivity contribution in [3.8, 4) is 28.3 Å². The molecule has 3 atom stereocenters. The lowest BCUT2D eigenvalue weighted by Gasteiger charge is -2.28. The van der Waals surface area contributed by atoms with Crippen molar-refractivity contribution in [2.45, 2.75) is 63.6 Å². The predicted molar refractivity (Wildman–Crippen MR) is 163 cm³/mol. The predicted octanol–water partition coefficient (Wildman–Crippen LogP) is 4.92. The summed E-state index contributed by atoms with van der Waals surface area (Å²) in [7, 11) is 0. The molecule has 5 aromatic rings. The Hall–Kier alpha value is -5.13. The third-order valence-electron chi connectivity index (χ3n) is 8.12. The zero-order valence-electron chi connectivity index (χ0n) is 24.4. The maximum absolute atomic E-state index is 14.3. The molecule has 2 unspecified atom stereocenters. The molecule has 1 aliphatic rings. The van der Waals surface area contributed by atoms with E-state index in [1.807, 2.05) is 47.0 Å². The monoisotopic (exact) mass is 594 g/mol. The van der Waals surface area contributed by atoms with Gasteiger partial charge in [-0.05, 0) is 47.0 Å². The molecular weight excluding hydrogens is 560 g/mol. The third kappa shape index (κ3) is 6.01. The lowest BCUT2D eigenvalue weighted by Crippen LogP contribution is -2.44. The van der Waals surface area contributed by atoms with E-state index < -0.39 is 24.2 Å². The summed E-state index contributed by atoms with van der Waals surface area (Å²) in [5, 5.41) is 24.6. The summed E-state index contributed by atoms with van der Waals surface area (Å²) in [6, 6.07) is 15.7. The van der Waals surface area contributed by atoms with Gasteiger partial charge in [-0.1, -0.05) is 62.9 Å². The zero-order valence-corrected chi connectivity index (χ0v) is 24.4. The summed E-state index contributed by atoms with van der Waals surface area (Å²) in [6.07, 6.45) is 9.20. The lowest BCUT2D eigenvalue weighted by molar-refractivity contribution is -0.149. The Morgan fingerprint density at radius 2 is 1.95 bits per heavy atom. The normalized spacial score (nSPS) is 17.2. The Morgan fingerprint density at radius 1 is 1.09 bits per heavy atom. The van der Waals surface area contributed by atoms with Crippen molar-refractivity contribution >= 4 is 22.9 Å². The average molecular weight is 595 g/mol. The molecule has 0 aliphatic carbocycles. The Balaban J connectivity index is 1.31. The number of unbranched alkanes of at least 4 members (excludes halogenated alkanes) is 3. The Labute approximate surface area is 254 Å². The molecule has 0 bridgehead atoms. The minimum absolute atomic E-state index is 0.180. The minimum Gasteiger partial charge on any atom is -0.487 e. The molecule has 0 saturated carbocycles. The number of fused-ring (bicyclic) bond motifs is 1. The van der Waals surface area contributed by atoms with Gasteiger partial charge in [-0.3, -0.25) is 9.78 Å². The number of tetrazole rings is 1. The number of aliphatic carboxylic acids is 1. The Kier molecular flexibility index (Phi) is 8.57. The van der Waals surface area contributed by atoms with E-state index in [1.165, 1.54) is 4.90 Å². The van der Waals surface area contributed by atoms with Crippen LogP contribution < -0.4 is 4.74 Å². The molecule has 2 aromatic carbocycles. The van der Waals surface area contributed by atoms with E-state index in [2.05, 4.69) is 32.5 Å². The van der Waals surface area contributed by atoms with Crippen molar-refractivity contribution in [2.24, 2.45) is 0 Å². The zero-order chi connectivity index (χ0) is 30.5. The summed E-state index contributed by atoms with van der Waals surface area (Å²) in [6.45, 7) is 2.32. The second-order valence-electron chi connectivity index (χ2n) is 11.0. The van der Waals surface area contributed by atoms with Crippen molar-refractivity contribution in [3.63, 3.8) is 0 Å². The summed E-state index contributed by atoms with van der Waals surface area (Å²) in [4.78, 5) is 36.8. The molecule has 4 heterocycles. The highest BCUT2D eigenvalue weighted by Gasteiger charge is 2.43.